The molecule has 8 nitrogen and oxygen atoms in total. The predicted molar refractivity (Wildman–Crippen MR) is 102 cm³/mol. The molecule has 1 fully saturated rings. The van der Waals surface area contributed by atoms with Crippen molar-refractivity contribution in [2.75, 3.05) is 19.6 Å². The first-order valence-electron chi connectivity index (χ1n) is 9.37. The van der Waals surface area contributed by atoms with Gasteiger partial charge in [0.1, 0.15) is 12.2 Å². The summed E-state index contributed by atoms with van der Waals surface area (Å²) in [7, 11) is -3.95. The largest absolute Gasteiger partial charge is 0.456 e. The van der Waals surface area contributed by atoms with E-state index in [1.54, 1.807) is 35.0 Å². The number of hydrogen-bond donors (Lipinski definition) is 0. The minimum atomic E-state index is -3.95. The van der Waals surface area contributed by atoms with Gasteiger partial charge in [-0.3, -0.25) is 13.5 Å². The highest BCUT2D eigenvalue weighted by molar-refractivity contribution is 7.86. The van der Waals surface area contributed by atoms with Crippen LogP contribution >= 0.6 is 0 Å². The van der Waals surface area contributed by atoms with Gasteiger partial charge in [0.15, 0.2) is 0 Å². The zero-order valence-corrected chi connectivity index (χ0v) is 16.5. The van der Waals surface area contributed by atoms with E-state index in [2.05, 4.69) is 9.88 Å². The van der Waals surface area contributed by atoms with Crippen LogP contribution in [0.4, 0.5) is 0 Å². The molecule has 2 aliphatic heterocycles. The minimum Gasteiger partial charge on any atom is -0.456 e. The van der Waals surface area contributed by atoms with Crippen LogP contribution in [-0.4, -0.2) is 54.7 Å². The number of aryl methyl sites for hydroxylation is 1. The molecule has 1 aromatic carbocycles. The molecule has 0 saturated carbocycles. The van der Waals surface area contributed by atoms with E-state index in [0.29, 0.717) is 13.1 Å². The molecule has 2 aliphatic rings. The summed E-state index contributed by atoms with van der Waals surface area (Å²) in [5.74, 6) is 0. The van der Waals surface area contributed by atoms with Crippen molar-refractivity contribution in [3.8, 4) is 6.01 Å². The van der Waals surface area contributed by atoms with Gasteiger partial charge in [-0.15, -0.1) is 0 Å². The van der Waals surface area contributed by atoms with E-state index in [0.717, 1.165) is 31.5 Å². The SMILES string of the molecule is Cc1ccc(S(=O)(=O)OC(CN2CCCC2)[C@@H]2Cn3ccc(=O)nc3O2)cc1. The van der Waals surface area contributed by atoms with Crippen molar-refractivity contribution >= 4 is 10.1 Å². The van der Waals surface area contributed by atoms with Gasteiger partial charge in [0.05, 0.1) is 11.4 Å². The number of fused-ring (bicyclic) bond motifs is 1. The fourth-order valence-corrected chi connectivity index (χ4v) is 4.65. The van der Waals surface area contributed by atoms with Gasteiger partial charge in [-0.25, -0.2) is 0 Å². The molecule has 0 amide bonds. The molecule has 0 aliphatic carbocycles. The Morgan fingerprint density at radius 3 is 2.64 bits per heavy atom. The summed E-state index contributed by atoms with van der Waals surface area (Å²) in [6.07, 6.45) is 2.51. The van der Waals surface area contributed by atoms with E-state index >= 15 is 0 Å². The molecule has 1 unspecified atom stereocenters. The van der Waals surface area contributed by atoms with E-state index in [-0.39, 0.29) is 10.9 Å². The van der Waals surface area contributed by atoms with Gasteiger partial charge in [0, 0.05) is 18.8 Å². The molecule has 0 N–H and O–H groups in total. The maximum atomic E-state index is 12.8. The number of hydrogen-bond acceptors (Lipinski definition) is 7. The highest BCUT2D eigenvalue weighted by Crippen LogP contribution is 2.25. The highest BCUT2D eigenvalue weighted by atomic mass is 32.2. The Morgan fingerprint density at radius 1 is 1.21 bits per heavy atom. The zero-order chi connectivity index (χ0) is 19.7. The molecule has 0 spiro atoms. The normalized spacial score (nSPS) is 20.7. The maximum Gasteiger partial charge on any atom is 0.300 e. The second-order valence-electron chi connectivity index (χ2n) is 7.27. The predicted octanol–water partition coefficient (Wildman–Crippen LogP) is 1.18. The maximum absolute atomic E-state index is 12.8. The van der Waals surface area contributed by atoms with Gasteiger partial charge in [-0.2, -0.15) is 13.4 Å². The molecule has 9 heteroatoms. The number of rotatable bonds is 6. The number of aromatic nitrogens is 2. The standard InChI is InChI=1S/C19H23N3O5S/c1-14-4-6-15(7-5-14)28(24,25)27-17(12-21-9-2-3-10-21)16-13-22-11-8-18(23)20-19(22)26-16/h4-8,11,16-17H,2-3,9-10,12-13H2,1H3/t16-,17?/m0/s1. The van der Waals surface area contributed by atoms with Crippen LogP contribution in [0.15, 0.2) is 46.2 Å². The lowest BCUT2D eigenvalue weighted by atomic mass is 10.2. The molecule has 0 bridgehead atoms. The van der Waals surface area contributed by atoms with Gasteiger partial charge < -0.3 is 9.64 Å². The first kappa shape index (κ1) is 19.1. The average Bonchev–Trinajstić information content (AvgIpc) is 3.30. The van der Waals surface area contributed by atoms with E-state index in [4.69, 9.17) is 8.92 Å². The Balaban J connectivity index is 1.57. The summed E-state index contributed by atoms with van der Waals surface area (Å²) < 4.78 is 38.8. The molecule has 1 aromatic heterocycles. The third-order valence-corrected chi connectivity index (χ3v) is 6.44. The van der Waals surface area contributed by atoms with Crippen molar-refractivity contribution in [3.63, 3.8) is 0 Å². The van der Waals surface area contributed by atoms with Crippen LogP contribution in [0, 0.1) is 6.92 Å². The summed E-state index contributed by atoms with van der Waals surface area (Å²) in [5.41, 5.74) is 0.578. The van der Waals surface area contributed by atoms with Crippen molar-refractivity contribution in [2.45, 2.75) is 43.4 Å². The molecule has 0 radical (unpaired) electrons. The molecule has 150 valence electrons. The molecule has 2 aromatic rings. The summed E-state index contributed by atoms with van der Waals surface area (Å²) in [6.45, 7) is 4.52. The van der Waals surface area contributed by atoms with Crippen LogP contribution in [0.25, 0.3) is 0 Å². The number of nitrogens with zero attached hydrogens (tertiary/aromatic N) is 3. The van der Waals surface area contributed by atoms with E-state index in [1.807, 2.05) is 6.92 Å². The number of ether oxygens (including phenoxy) is 1. The lowest BCUT2D eigenvalue weighted by Gasteiger charge is -2.26. The van der Waals surface area contributed by atoms with Crippen molar-refractivity contribution in [1.29, 1.82) is 0 Å². The average molecular weight is 405 g/mol. The van der Waals surface area contributed by atoms with Crippen LogP contribution in [0.3, 0.4) is 0 Å². The van der Waals surface area contributed by atoms with E-state index < -0.39 is 27.9 Å². The molecular weight excluding hydrogens is 382 g/mol. The molecule has 2 atom stereocenters. The van der Waals surface area contributed by atoms with Crippen molar-refractivity contribution in [3.05, 3.63) is 52.4 Å². The first-order chi connectivity index (χ1) is 13.4. The lowest BCUT2D eigenvalue weighted by Crippen LogP contribution is -2.43. The molecule has 3 heterocycles. The van der Waals surface area contributed by atoms with Gasteiger partial charge in [-0.1, -0.05) is 17.7 Å². The molecule has 28 heavy (non-hydrogen) atoms. The van der Waals surface area contributed by atoms with Crippen molar-refractivity contribution in [2.24, 2.45) is 0 Å². The Bertz CT molecular complexity index is 997. The van der Waals surface area contributed by atoms with Gasteiger partial charge in [-0.05, 0) is 45.0 Å². The molecular formula is C19H23N3O5S. The topological polar surface area (TPSA) is 90.7 Å². The second-order valence-corrected chi connectivity index (χ2v) is 8.84. The lowest BCUT2D eigenvalue weighted by molar-refractivity contribution is 0.0462. The van der Waals surface area contributed by atoms with Crippen molar-refractivity contribution < 1.29 is 17.3 Å². The number of benzene rings is 1. The number of likely N-dealkylation sites (tertiary alicyclic amines) is 1. The zero-order valence-electron chi connectivity index (χ0n) is 15.7. The van der Waals surface area contributed by atoms with Gasteiger partial charge in [0.2, 0.25) is 0 Å². The van der Waals surface area contributed by atoms with Crippen LogP contribution < -0.4 is 10.3 Å². The van der Waals surface area contributed by atoms with E-state index in [1.165, 1.54) is 6.07 Å². The quantitative estimate of drug-likeness (QED) is 0.667. The Hall–Kier alpha value is -2.23. The highest BCUT2D eigenvalue weighted by Gasteiger charge is 2.37. The van der Waals surface area contributed by atoms with Crippen LogP contribution in [0.2, 0.25) is 0 Å². The van der Waals surface area contributed by atoms with E-state index in [9.17, 15) is 13.2 Å². The smallest absolute Gasteiger partial charge is 0.300 e. The second kappa shape index (κ2) is 7.65. The Kier molecular flexibility index (Phi) is 5.22. The first-order valence-corrected chi connectivity index (χ1v) is 10.8. The van der Waals surface area contributed by atoms with Crippen LogP contribution in [-0.2, 0) is 20.8 Å². The fourth-order valence-electron chi connectivity index (χ4n) is 3.56. The van der Waals surface area contributed by atoms with Crippen LogP contribution in [0.5, 0.6) is 6.01 Å². The fraction of sp³-hybridized carbons (Fsp3) is 0.474. The summed E-state index contributed by atoms with van der Waals surface area (Å²) >= 11 is 0. The Labute approximate surface area is 163 Å². The monoisotopic (exact) mass is 405 g/mol. The molecule has 1 saturated heterocycles. The van der Waals surface area contributed by atoms with Gasteiger partial charge in [0.25, 0.3) is 21.7 Å². The summed E-state index contributed by atoms with van der Waals surface area (Å²) in [5, 5.41) is 0. The van der Waals surface area contributed by atoms with Crippen molar-refractivity contribution in [1.82, 2.24) is 14.5 Å². The summed E-state index contributed by atoms with van der Waals surface area (Å²) in [6, 6.07) is 8.12. The third kappa shape index (κ3) is 4.11. The van der Waals surface area contributed by atoms with Gasteiger partial charge >= 0.3 is 0 Å². The molecule has 4 rings (SSSR count). The van der Waals surface area contributed by atoms with Crippen LogP contribution in [0.1, 0.15) is 18.4 Å². The third-order valence-electron chi connectivity index (χ3n) is 5.09. The Morgan fingerprint density at radius 2 is 1.93 bits per heavy atom. The minimum absolute atomic E-state index is 0.118. The summed E-state index contributed by atoms with van der Waals surface area (Å²) in [4.78, 5) is 17.6.